The lowest BCUT2D eigenvalue weighted by atomic mass is 10.1. The summed E-state index contributed by atoms with van der Waals surface area (Å²) in [5, 5.41) is 5.92. The SMILES string of the molecule is Cc1cc(C)cc(NC(=O)Cn2c(CCNC(=O)C3CCCO3)nc3ccccc32)c1. The van der Waals surface area contributed by atoms with E-state index in [0.717, 1.165) is 46.5 Å². The molecule has 0 aliphatic carbocycles. The van der Waals surface area contributed by atoms with E-state index < -0.39 is 0 Å². The number of imidazole rings is 1. The Kier molecular flexibility index (Phi) is 6.32. The van der Waals surface area contributed by atoms with Crippen molar-refractivity contribution in [3.05, 3.63) is 59.4 Å². The summed E-state index contributed by atoms with van der Waals surface area (Å²) in [6, 6.07) is 13.7. The van der Waals surface area contributed by atoms with Gasteiger partial charge in [-0.05, 0) is 62.1 Å². The highest BCUT2D eigenvalue weighted by atomic mass is 16.5. The highest BCUT2D eigenvalue weighted by Crippen LogP contribution is 2.18. The van der Waals surface area contributed by atoms with Crippen LogP contribution in [0.1, 0.15) is 29.8 Å². The van der Waals surface area contributed by atoms with Crippen LogP contribution >= 0.6 is 0 Å². The number of benzene rings is 2. The highest BCUT2D eigenvalue weighted by Gasteiger charge is 2.23. The maximum atomic E-state index is 12.8. The van der Waals surface area contributed by atoms with Gasteiger partial charge >= 0.3 is 0 Å². The Labute approximate surface area is 181 Å². The molecule has 1 atom stereocenters. The number of aromatic nitrogens is 2. The lowest BCUT2D eigenvalue weighted by Crippen LogP contribution is -2.35. The summed E-state index contributed by atoms with van der Waals surface area (Å²) in [4.78, 5) is 29.7. The molecule has 4 rings (SSSR count). The van der Waals surface area contributed by atoms with Crippen LogP contribution in [0.4, 0.5) is 5.69 Å². The number of nitrogens with zero attached hydrogens (tertiary/aromatic N) is 2. The number of rotatable bonds is 7. The lowest BCUT2D eigenvalue weighted by Gasteiger charge is -2.12. The fourth-order valence-corrected chi connectivity index (χ4v) is 4.08. The van der Waals surface area contributed by atoms with Crippen LogP contribution in [0.15, 0.2) is 42.5 Å². The molecule has 2 N–H and O–H groups in total. The Morgan fingerprint density at radius 1 is 1.16 bits per heavy atom. The van der Waals surface area contributed by atoms with Crippen molar-refractivity contribution in [3.8, 4) is 0 Å². The van der Waals surface area contributed by atoms with E-state index >= 15 is 0 Å². The maximum absolute atomic E-state index is 12.8. The summed E-state index contributed by atoms with van der Waals surface area (Å²) in [5.41, 5.74) is 4.73. The minimum Gasteiger partial charge on any atom is -0.368 e. The van der Waals surface area contributed by atoms with E-state index in [1.165, 1.54) is 0 Å². The summed E-state index contributed by atoms with van der Waals surface area (Å²) in [7, 11) is 0. The molecular formula is C24H28N4O3. The molecular weight excluding hydrogens is 392 g/mol. The molecule has 162 valence electrons. The van der Waals surface area contributed by atoms with E-state index in [1.807, 2.05) is 54.8 Å². The Morgan fingerprint density at radius 3 is 2.68 bits per heavy atom. The molecule has 0 spiro atoms. The van der Waals surface area contributed by atoms with Gasteiger partial charge in [0.25, 0.3) is 0 Å². The molecule has 1 fully saturated rings. The quantitative estimate of drug-likeness (QED) is 0.615. The Hall–Kier alpha value is -3.19. The summed E-state index contributed by atoms with van der Waals surface area (Å²) < 4.78 is 7.35. The van der Waals surface area contributed by atoms with Crippen molar-refractivity contribution in [2.24, 2.45) is 0 Å². The number of para-hydroxylation sites is 2. The molecule has 1 saturated heterocycles. The van der Waals surface area contributed by atoms with E-state index in [-0.39, 0.29) is 24.5 Å². The van der Waals surface area contributed by atoms with Crippen LogP contribution in [0.3, 0.4) is 0 Å². The van der Waals surface area contributed by atoms with Crippen molar-refractivity contribution >= 4 is 28.5 Å². The standard InChI is InChI=1S/C24H28N4O3/c1-16-12-17(2)14-18(13-16)26-23(29)15-28-20-7-4-3-6-19(20)27-22(28)9-10-25-24(30)21-8-5-11-31-21/h3-4,6-7,12-14,21H,5,8-11,15H2,1-2H3,(H,25,30)(H,26,29). The van der Waals surface area contributed by atoms with Crippen molar-refractivity contribution in [3.63, 3.8) is 0 Å². The number of ether oxygens (including phenoxy) is 1. The molecule has 0 radical (unpaired) electrons. The van der Waals surface area contributed by atoms with Crippen LogP contribution in [0.2, 0.25) is 0 Å². The topological polar surface area (TPSA) is 85.2 Å². The molecule has 2 aromatic carbocycles. The second kappa shape index (κ2) is 9.31. The molecule has 2 amide bonds. The van der Waals surface area contributed by atoms with Crippen LogP contribution in [0.25, 0.3) is 11.0 Å². The number of hydrogen-bond acceptors (Lipinski definition) is 4. The molecule has 1 aliphatic heterocycles. The van der Waals surface area contributed by atoms with Gasteiger partial charge in [-0.15, -0.1) is 0 Å². The van der Waals surface area contributed by atoms with Crippen LogP contribution in [-0.2, 0) is 27.3 Å². The zero-order chi connectivity index (χ0) is 21.8. The molecule has 1 aromatic heterocycles. The molecule has 7 heteroatoms. The number of carbonyl (C=O) groups excluding carboxylic acids is 2. The molecule has 1 aliphatic rings. The number of fused-ring (bicyclic) bond motifs is 1. The average molecular weight is 421 g/mol. The van der Waals surface area contributed by atoms with Crippen LogP contribution in [0.5, 0.6) is 0 Å². The predicted molar refractivity (Wildman–Crippen MR) is 120 cm³/mol. The van der Waals surface area contributed by atoms with Gasteiger partial charge in [0.1, 0.15) is 18.5 Å². The van der Waals surface area contributed by atoms with Gasteiger partial charge in [0.2, 0.25) is 11.8 Å². The normalized spacial score (nSPS) is 15.9. The van der Waals surface area contributed by atoms with Crippen molar-refractivity contribution in [2.45, 2.75) is 45.8 Å². The van der Waals surface area contributed by atoms with Crippen molar-refractivity contribution in [1.29, 1.82) is 0 Å². The number of nitrogens with one attached hydrogen (secondary N) is 2. The number of aryl methyl sites for hydroxylation is 2. The van der Waals surface area contributed by atoms with Crippen molar-refractivity contribution in [1.82, 2.24) is 14.9 Å². The third-order valence-corrected chi connectivity index (χ3v) is 5.41. The van der Waals surface area contributed by atoms with Gasteiger partial charge in [0.15, 0.2) is 0 Å². The molecule has 7 nitrogen and oxygen atoms in total. The van der Waals surface area contributed by atoms with Gasteiger partial charge in [-0.2, -0.15) is 0 Å². The molecule has 31 heavy (non-hydrogen) atoms. The maximum Gasteiger partial charge on any atom is 0.249 e. The lowest BCUT2D eigenvalue weighted by molar-refractivity contribution is -0.130. The van der Waals surface area contributed by atoms with Crippen molar-refractivity contribution < 1.29 is 14.3 Å². The Morgan fingerprint density at radius 2 is 1.94 bits per heavy atom. The number of amides is 2. The first kappa shape index (κ1) is 21.1. The van der Waals surface area contributed by atoms with E-state index in [0.29, 0.717) is 19.6 Å². The van der Waals surface area contributed by atoms with Gasteiger partial charge in [-0.3, -0.25) is 9.59 Å². The first-order chi connectivity index (χ1) is 15.0. The monoisotopic (exact) mass is 420 g/mol. The minimum absolute atomic E-state index is 0.0762. The Balaban J connectivity index is 1.46. The first-order valence-electron chi connectivity index (χ1n) is 10.7. The third kappa shape index (κ3) is 5.11. The molecule has 0 bridgehead atoms. The zero-order valence-corrected chi connectivity index (χ0v) is 18.0. The van der Waals surface area contributed by atoms with Crippen LogP contribution in [0, 0.1) is 13.8 Å². The largest absolute Gasteiger partial charge is 0.368 e. The van der Waals surface area contributed by atoms with Gasteiger partial charge in [0.05, 0.1) is 11.0 Å². The summed E-state index contributed by atoms with van der Waals surface area (Å²) in [6.45, 7) is 5.26. The predicted octanol–water partition coefficient (Wildman–Crippen LogP) is 3.13. The molecule has 3 aromatic rings. The smallest absolute Gasteiger partial charge is 0.249 e. The van der Waals surface area contributed by atoms with Gasteiger partial charge in [0, 0.05) is 25.3 Å². The minimum atomic E-state index is -0.345. The second-order valence-electron chi connectivity index (χ2n) is 8.07. The Bertz CT molecular complexity index is 1080. The van der Waals surface area contributed by atoms with Gasteiger partial charge < -0.3 is 19.9 Å². The number of anilines is 1. The van der Waals surface area contributed by atoms with Crippen LogP contribution in [-0.4, -0.2) is 40.6 Å². The molecule has 0 saturated carbocycles. The van der Waals surface area contributed by atoms with Crippen LogP contribution < -0.4 is 10.6 Å². The van der Waals surface area contributed by atoms with Gasteiger partial charge in [-0.1, -0.05) is 18.2 Å². The number of carbonyl (C=O) groups is 2. The fraction of sp³-hybridized carbons (Fsp3) is 0.375. The van der Waals surface area contributed by atoms with E-state index in [4.69, 9.17) is 9.72 Å². The summed E-state index contributed by atoms with van der Waals surface area (Å²) >= 11 is 0. The zero-order valence-electron chi connectivity index (χ0n) is 18.0. The fourth-order valence-electron chi connectivity index (χ4n) is 4.08. The van der Waals surface area contributed by atoms with E-state index in [1.54, 1.807) is 0 Å². The summed E-state index contributed by atoms with van der Waals surface area (Å²) in [5.74, 6) is 0.579. The van der Waals surface area contributed by atoms with Gasteiger partial charge in [-0.25, -0.2) is 4.98 Å². The van der Waals surface area contributed by atoms with Crippen molar-refractivity contribution in [2.75, 3.05) is 18.5 Å². The van der Waals surface area contributed by atoms with E-state index in [9.17, 15) is 9.59 Å². The highest BCUT2D eigenvalue weighted by molar-refractivity contribution is 5.92. The second-order valence-corrected chi connectivity index (χ2v) is 8.07. The molecule has 2 heterocycles. The average Bonchev–Trinajstić information content (AvgIpc) is 3.36. The van der Waals surface area contributed by atoms with E-state index in [2.05, 4.69) is 16.7 Å². The third-order valence-electron chi connectivity index (χ3n) is 5.41. The first-order valence-corrected chi connectivity index (χ1v) is 10.7. The molecule has 1 unspecified atom stereocenters. The number of hydrogen-bond donors (Lipinski definition) is 2. The summed E-state index contributed by atoms with van der Waals surface area (Å²) in [6.07, 6.45) is 1.87.